The molecule has 0 spiro atoms. The van der Waals surface area contributed by atoms with Gasteiger partial charge in [0.2, 0.25) is 0 Å². The summed E-state index contributed by atoms with van der Waals surface area (Å²) in [5.74, 6) is -1.44. The van der Waals surface area contributed by atoms with Crippen LogP contribution in [0.3, 0.4) is 0 Å². The molecule has 2 atom stereocenters. The maximum absolute atomic E-state index is 14.6. The fraction of sp³-hybridized carbons (Fsp3) is 0.395. The van der Waals surface area contributed by atoms with Gasteiger partial charge in [-0.15, -0.1) is 0 Å². The number of amides is 3. The number of nitrogens with zero attached hydrogens (tertiary/aromatic N) is 3. The Bertz CT molecular complexity index is 1810. The van der Waals surface area contributed by atoms with Crippen molar-refractivity contribution in [2.75, 3.05) is 26.2 Å². The predicted molar refractivity (Wildman–Crippen MR) is 180 cm³/mol. The van der Waals surface area contributed by atoms with E-state index in [1.54, 1.807) is 4.90 Å². The number of carbonyl (C=O) groups excluding carboxylic acids is 1. The minimum Gasteiger partial charge on any atom is -0.493 e. The van der Waals surface area contributed by atoms with Gasteiger partial charge in [0.25, 0.3) is 5.91 Å². The van der Waals surface area contributed by atoms with Crippen LogP contribution in [0.1, 0.15) is 52.6 Å². The molecule has 2 heterocycles. The van der Waals surface area contributed by atoms with E-state index in [1.807, 2.05) is 44.2 Å². The fourth-order valence-electron chi connectivity index (χ4n) is 7.16. The van der Waals surface area contributed by atoms with Crippen LogP contribution >= 0.6 is 0 Å². The van der Waals surface area contributed by atoms with E-state index < -0.39 is 41.8 Å². The third-order valence-corrected chi connectivity index (χ3v) is 10.1. The lowest BCUT2D eigenvalue weighted by atomic mass is 9.81. The number of ether oxygens (including phenoxy) is 1. The van der Waals surface area contributed by atoms with E-state index in [9.17, 15) is 33.4 Å². The van der Waals surface area contributed by atoms with Gasteiger partial charge in [-0.25, -0.2) is 18.4 Å². The van der Waals surface area contributed by atoms with E-state index in [2.05, 4.69) is 13.0 Å². The Morgan fingerprint density at radius 1 is 0.898 bits per heavy atom. The summed E-state index contributed by atoms with van der Waals surface area (Å²) in [4.78, 5) is 43.3. The van der Waals surface area contributed by atoms with Gasteiger partial charge in [-0.1, -0.05) is 48.5 Å². The summed E-state index contributed by atoms with van der Waals surface area (Å²) in [7, 11) is 0. The van der Waals surface area contributed by atoms with Gasteiger partial charge in [0.05, 0.1) is 18.7 Å². The van der Waals surface area contributed by atoms with Crippen LogP contribution in [0.25, 0.3) is 5.57 Å². The van der Waals surface area contributed by atoms with E-state index in [0.717, 1.165) is 52.5 Å². The molecule has 3 aromatic carbocycles. The molecule has 2 fully saturated rings. The van der Waals surface area contributed by atoms with Gasteiger partial charge in [-0.05, 0) is 91.5 Å². The summed E-state index contributed by atoms with van der Waals surface area (Å²) in [5.41, 5.74) is 6.19. The minimum atomic E-state index is -1.22. The average Bonchev–Trinajstić information content (AvgIpc) is 3.91. The van der Waals surface area contributed by atoms with Crippen LogP contribution in [-0.4, -0.2) is 87.4 Å². The molecule has 0 aromatic heterocycles. The first kappa shape index (κ1) is 34.0. The van der Waals surface area contributed by atoms with Crippen molar-refractivity contribution in [3.05, 3.63) is 105 Å². The summed E-state index contributed by atoms with van der Waals surface area (Å²) in [5, 5.41) is 20.2. The normalized spacial score (nSPS) is 18.8. The molecule has 2 bridgehead atoms. The molecule has 3 aliphatic rings. The van der Waals surface area contributed by atoms with Crippen LogP contribution in [0.15, 0.2) is 60.2 Å². The SMILES string of the molecule is Cc1ccc(C)c(OCCc2ccc(C3=C(C(=O)N(CCc4cccc(F)c4F)C4CC4)[C@H]4CN(C(=O)O)C[C@@H](C3)N4C(=O)O)cc2)c1C. The summed E-state index contributed by atoms with van der Waals surface area (Å²) in [6, 6.07) is 14.0. The molecule has 1 saturated carbocycles. The highest BCUT2D eigenvalue weighted by atomic mass is 19.2. The number of hydrogen-bond acceptors (Lipinski definition) is 4. The maximum atomic E-state index is 14.6. The van der Waals surface area contributed by atoms with Crippen molar-refractivity contribution < 1.29 is 38.1 Å². The molecule has 6 rings (SSSR count). The molecule has 9 nitrogen and oxygen atoms in total. The van der Waals surface area contributed by atoms with Crippen LogP contribution in [0.2, 0.25) is 0 Å². The first-order valence-corrected chi connectivity index (χ1v) is 16.7. The molecule has 2 N–H and O–H groups in total. The highest BCUT2D eigenvalue weighted by Crippen LogP contribution is 2.41. The first-order valence-electron chi connectivity index (χ1n) is 16.7. The number of fused-ring (bicyclic) bond motifs is 2. The van der Waals surface area contributed by atoms with Gasteiger partial charge >= 0.3 is 12.2 Å². The van der Waals surface area contributed by atoms with Gasteiger partial charge in [0.15, 0.2) is 11.6 Å². The molecular weight excluding hydrogens is 632 g/mol. The number of rotatable bonds is 10. The molecule has 2 aliphatic heterocycles. The molecule has 3 aromatic rings. The monoisotopic (exact) mass is 673 g/mol. The minimum absolute atomic E-state index is 0.0124. The van der Waals surface area contributed by atoms with Crippen LogP contribution in [0.4, 0.5) is 18.4 Å². The Labute approximate surface area is 284 Å². The highest BCUT2D eigenvalue weighted by molar-refractivity contribution is 6.04. The lowest BCUT2D eigenvalue weighted by molar-refractivity contribution is -0.128. The summed E-state index contributed by atoms with van der Waals surface area (Å²) >= 11 is 0. The van der Waals surface area contributed by atoms with Crippen molar-refractivity contribution in [2.24, 2.45) is 0 Å². The third kappa shape index (κ3) is 6.97. The van der Waals surface area contributed by atoms with E-state index in [4.69, 9.17) is 4.74 Å². The Hall–Kier alpha value is -4.93. The van der Waals surface area contributed by atoms with Crippen LogP contribution in [-0.2, 0) is 17.6 Å². The molecule has 0 radical (unpaired) electrons. The lowest BCUT2D eigenvalue weighted by Crippen LogP contribution is -2.65. The van der Waals surface area contributed by atoms with Gasteiger partial charge in [0, 0.05) is 37.7 Å². The van der Waals surface area contributed by atoms with Crippen molar-refractivity contribution in [1.29, 1.82) is 0 Å². The van der Waals surface area contributed by atoms with Gasteiger partial charge in [0.1, 0.15) is 5.75 Å². The number of halogens is 2. The largest absolute Gasteiger partial charge is 0.493 e. The standard InChI is InChI=1S/C38H41F2N3O6/c1-22-7-8-23(2)35(24(22)3)49-18-16-25-9-11-26(12-10-25)30-19-29-20-41(37(45)46)21-32(43(29)38(47)48)33(30)36(44)42(28-13-14-28)17-15-27-5-4-6-31(39)34(27)40/h4-12,28-29,32H,13-21H2,1-3H3,(H,45,46)(H,47,48)/t29-,32-/m1/s1. The molecular formula is C38H41F2N3O6. The van der Waals surface area contributed by atoms with Crippen LogP contribution in [0, 0.1) is 32.4 Å². The van der Waals surface area contributed by atoms with E-state index in [0.29, 0.717) is 18.6 Å². The number of carbonyl (C=O) groups is 3. The number of hydrogen-bond donors (Lipinski definition) is 2. The van der Waals surface area contributed by atoms with E-state index in [-0.39, 0.29) is 49.7 Å². The Balaban J connectivity index is 1.31. The highest BCUT2D eigenvalue weighted by Gasteiger charge is 2.49. The number of piperazine rings is 1. The van der Waals surface area contributed by atoms with Crippen molar-refractivity contribution in [2.45, 2.75) is 71.0 Å². The number of aryl methyl sites for hydroxylation is 2. The van der Waals surface area contributed by atoms with Gasteiger partial charge in [-0.2, -0.15) is 0 Å². The summed E-state index contributed by atoms with van der Waals surface area (Å²) in [6.45, 7) is 6.50. The average molecular weight is 674 g/mol. The molecule has 3 amide bonds. The molecule has 0 unspecified atom stereocenters. The van der Waals surface area contributed by atoms with Crippen LogP contribution in [0.5, 0.6) is 5.75 Å². The number of carboxylic acid groups (broad SMARTS) is 2. The zero-order chi connectivity index (χ0) is 35.0. The van der Waals surface area contributed by atoms with Crippen molar-refractivity contribution in [3.63, 3.8) is 0 Å². The predicted octanol–water partition coefficient (Wildman–Crippen LogP) is 6.61. The lowest BCUT2D eigenvalue weighted by Gasteiger charge is -2.49. The van der Waals surface area contributed by atoms with E-state index >= 15 is 0 Å². The Morgan fingerprint density at radius 3 is 2.29 bits per heavy atom. The van der Waals surface area contributed by atoms with Crippen molar-refractivity contribution >= 4 is 23.7 Å². The maximum Gasteiger partial charge on any atom is 0.408 e. The smallest absolute Gasteiger partial charge is 0.408 e. The van der Waals surface area contributed by atoms with Gasteiger partial charge < -0.3 is 24.7 Å². The Kier molecular flexibility index (Phi) is 9.63. The molecule has 49 heavy (non-hydrogen) atoms. The second kappa shape index (κ2) is 13.9. The fourth-order valence-corrected chi connectivity index (χ4v) is 7.16. The molecule has 1 aliphatic carbocycles. The second-order valence-corrected chi connectivity index (χ2v) is 13.3. The van der Waals surface area contributed by atoms with Gasteiger partial charge in [-0.3, -0.25) is 9.69 Å². The third-order valence-electron chi connectivity index (χ3n) is 10.1. The summed E-state index contributed by atoms with van der Waals surface area (Å²) < 4.78 is 34.7. The molecule has 1 saturated heterocycles. The topological polar surface area (TPSA) is 111 Å². The zero-order valence-corrected chi connectivity index (χ0v) is 27.9. The zero-order valence-electron chi connectivity index (χ0n) is 27.9. The van der Waals surface area contributed by atoms with Crippen molar-refractivity contribution in [3.8, 4) is 5.75 Å². The first-order chi connectivity index (χ1) is 23.4. The molecule has 258 valence electrons. The van der Waals surface area contributed by atoms with Crippen molar-refractivity contribution in [1.82, 2.24) is 14.7 Å². The molecule has 11 heteroatoms. The Morgan fingerprint density at radius 2 is 1.61 bits per heavy atom. The summed E-state index contributed by atoms with van der Waals surface area (Å²) in [6.07, 6.45) is -0.0683. The van der Waals surface area contributed by atoms with E-state index in [1.165, 1.54) is 21.9 Å². The van der Waals surface area contributed by atoms with Crippen LogP contribution < -0.4 is 4.74 Å². The number of benzene rings is 3. The second-order valence-electron chi connectivity index (χ2n) is 13.3. The quantitative estimate of drug-likeness (QED) is 0.251.